The first-order valence-electron chi connectivity index (χ1n) is 13.0. The van der Waals surface area contributed by atoms with Gasteiger partial charge in [-0.05, 0) is 86.5 Å². The third-order valence-corrected chi connectivity index (χ3v) is 7.98. The number of ketones is 2. The van der Waals surface area contributed by atoms with Gasteiger partial charge in [0.25, 0.3) is 0 Å². The number of hydrogen-bond acceptors (Lipinski definition) is 2. The highest BCUT2D eigenvalue weighted by atomic mass is 16.1. The minimum Gasteiger partial charge on any atom is -0.299 e. The van der Waals surface area contributed by atoms with Gasteiger partial charge in [-0.3, -0.25) is 9.59 Å². The molecular weight excluding hydrogens is 428 g/mol. The van der Waals surface area contributed by atoms with Gasteiger partial charge in [0.05, 0.1) is 0 Å². The van der Waals surface area contributed by atoms with Crippen LogP contribution < -0.4 is 0 Å². The first-order chi connectivity index (χ1) is 17.0. The maximum Gasteiger partial charge on any atom is 0.185 e. The van der Waals surface area contributed by atoms with Crippen LogP contribution in [0.2, 0.25) is 0 Å². The molecule has 0 bridgehead atoms. The molecule has 0 radical (unpaired) electrons. The molecule has 2 aliphatic carbocycles. The van der Waals surface area contributed by atoms with Crippen molar-refractivity contribution in [3.8, 4) is 0 Å². The minimum absolute atomic E-state index is 0.00276. The van der Waals surface area contributed by atoms with Crippen LogP contribution in [0.5, 0.6) is 0 Å². The van der Waals surface area contributed by atoms with Gasteiger partial charge >= 0.3 is 0 Å². The zero-order valence-electron chi connectivity index (χ0n) is 21.0. The summed E-state index contributed by atoms with van der Waals surface area (Å²) in [5.41, 5.74) is 8.34. The van der Waals surface area contributed by atoms with Gasteiger partial charge in [-0.1, -0.05) is 73.3 Å². The normalized spacial score (nSPS) is 25.0. The zero-order valence-corrected chi connectivity index (χ0v) is 21.0. The average Bonchev–Trinajstić information content (AvgIpc) is 3.28. The molecule has 35 heavy (non-hydrogen) atoms. The Balaban J connectivity index is 1.42. The average molecular weight is 465 g/mol. The molecule has 2 aromatic carbocycles. The van der Waals surface area contributed by atoms with Crippen LogP contribution in [0.25, 0.3) is 11.1 Å². The van der Waals surface area contributed by atoms with Crippen molar-refractivity contribution in [2.75, 3.05) is 0 Å². The summed E-state index contributed by atoms with van der Waals surface area (Å²) < 4.78 is 0. The van der Waals surface area contributed by atoms with Crippen molar-refractivity contribution in [3.05, 3.63) is 102 Å². The molecule has 2 unspecified atom stereocenters. The van der Waals surface area contributed by atoms with E-state index in [1.165, 1.54) is 11.1 Å². The van der Waals surface area contributed by atoms with Crippen LogP contribution in [0.4, 0.5) is 0 Å². The van der Waals surface area contributed by atoms with Crippen molar-refractivity contribution in [2.45, 2.75) is 58.3 Å². The quantitative estimate of drug-likeness (QED) is 0.307. The first kappa shape index (κ1) is 24.9. The highest BCUT2D eigenvalue weighted by Gasteiger charge is 2.39. The number of carbonyl (C=O) groups excluding carboxylic acids is 2. The fraction of sp³-hybridized carbons (Fsp3) is 0.364. The lowest BCUT2D eigenvalue weighted by Gasteiger charge is -2.33. The highest BCUT2D eigenvalue weighted by molar-refractivity contribution is 6.26. The van der Waals surface area contributed by atoms with Crippen LogP contribution in [0, 0.1) is 17.8 Å². The summed E-state index contributed by atoms with van der Waals surface area (Å²) >= 11 is 0. The Labute approximate surface area is 210 Å². The van der Waals surface area contributed by atoms with Crippen LogP contribution in [-0.4, -0.2) is 11.6 Å². The van der Waals surface area contributed by atoms with Gasteiger partial charge in [0, 0.05) is 23.5 Å². The second-order valence-corrected chi connectivity index (χ2v) is 9.98. The third kappa shape index (κ3) is 5.55. The van der Waals surface area contributed by atoms with E-state index in [0.29, 0.717) is 35.5 Å². The van der Waals surface area contributed by atoms with Gasteiger partial charge in [0.1, 0.15) is 5.78 Å². The van der Waals surface area contributed by atoms with Crippen LogP contribution in [-0.2, 0) is 9.59 Å². The number of Topliss-reactive ketones (excluding diaryl/α,β-unsaturated/α-hetero) is 1. The molecule has 2 heteroatoms. The molecule has 2 saturated carbocycles. The molecule has 2 nitrogen and oxygen atoms in total. The molecule has 0 amide bonds. The summed E-state index contributed by atoms with van der Waals surface area (Å²) in [6.45, 7) is 7.71. The van der Waals surface area contributed by atoms with Crippen LogP contribution in [0.15, 0.2) is 85.1 Å². The van der Waals surface area contributed by atoms with Gasteiger partial charge in [-0.15, -0.1) is 5.73 Å². The number of rotatable bonds is 7. The summed E-state index contributed by atoms with van der Waals surface area (Å²) in [4.78, 5) is 25.6. The Bertz CT molecular complexity index is 1170. The van der Waals surface area contributed by atoms with Gasteiger partial charge < -0.3 is 0 Å². The fourth-order valence-electron chi connectivity index (χ4n) is 6.19. The number of carbonyl (C=O) groups is 2. The van der Waals surface area contributed by atoms with E-state index in [1.54, 1.807) is 12.2 Å². The van der Waals surface area contributed by atoms with E-state index in [2.05, 4.69) is 48.7 Å². The third-order valence-electron chi connectivity index (χ3n) is 7.98. The van der Waals surface area contributed by atoms with E-state index in [0.717, 1.165) is 43.2 Å². The van der Waals surface area contributed by atoms with Crippen molar-refractivity contribution in [2.24, 2.45) is 17.8 Å². The predicted octanol–water partition coefficient (Wildman–Crippen LogP) is 7.97. The van der Waals surface area contributed by atoms with Gasteiger partial charge in [0.2, 0.25) is 0 Å². The Morgan fingerprint density at radius 3 is 2.31 bits per heavy atom. The van der Waals surface area contributed by atoms with E-state index in [4.69, 9.17) is 0 Å². The molecule has 4 rings (SSSR count). The molecule has 2 aliphatic rings. The molecule has 0 spiro atoms. The summed E-state index contributed by atoms with van der Waals surface area (Å²) in [5, 5.41) is 0. The summed E-state index contributed by atoms with van der Waals surface area (Å²) in [7, 11) is 0. The van der Waals surface area contributed by atoms with E-state index in [9.17, 15) is 9.59 Å². The fourth-order valence-corrected chi connectivity index (χ4v) is 6.19. The molecule has 0 aliphatic heterocycles. The summed E-state index contributed by atoms with van der Waals surface area (Å²) in [5.74, 6) is 1.86. The lowest BCUT2D eigenvalue weighted by molar-refractivity contribution is -0.119. The van der Waals surface area contributed by atoms with E-state index in [-0.39, 0.29) is 11.7 Å². The van der Waals surface area contributed by atoms with Gasteiger partial charge in [-0.2, -0.15) is 0 Å². The lowest BCUT2D eigenvalue weighted by Crippen LogP contribution is -2.21. The van der Waals surface area contributed by atoms with Crippen molar-refractivity contribution >= 4 is 22.7 Å². The Morgan fingerprint density at radius 2 is 1.66 bits per heavy atom. The second-order valence-electron chi connectivity index (χ2n) is 9.98. The van der Waals surface area contributed by atoms with Crippen molar-refractivity contribution in [1.29, 1.82) is 0 Å². The standard InChI is InChI=1S/C33H36O2/c1-4-11-32(34)30(6-3)26-14-10-15-27(20-26)31-21-28(22-33(31)35)23-16-18-25(19-17-23)29(5-2)24-12-8-7-9-13-24/h4,6-15,20,23,25,28,31H,2,16-19,21-22H2,1,3H3/b11-4-,30-6-. The van der Waals surface area contributed by atoms with Crippen molar-refractivity contribution in [3.63, 3.8) is 0 Å². The molecule has 0 saturated heterocycles. The zero-order chi connectivity index (χ0) is 24.8. The van der Waals surface area contributed by atoms with Crippen molar-refractivity contribution in [1.82, 2.24) is 0 Å². The molecule has 180 valence electrons. The summed E-state index contributed by atoms with van der Waals surface area (Å²) in [6.07, 6.45) is 11.4. The smallest absolute Gasteiger partial charge is 0.185 e. The maximum absolute atomic E-state index is 13.1. The molecule has 2 atom stereocenters. The van der Waals surface area contributed by atoms with Gasteiger partial charge in [-0.25, -0.2) is 0 Å². The van der Waals surface area contributed by atoms with E-state index in [1.807, 2.05) is 38.1 Å². The number of allylic oxidation sites excluding steroid dienone is 5. The second kappa shape index (κ2) is 11.5. The predicted molar refractivity (Wildman–Crippen MR) is 145 cm³/mol. The van der Waals surface area contributed by atoms with Crippen LogP contribution in [0.1, 0.15) is 75.0 Å². The van der Waals surface area contributed by atoms with Crippen LogP contribution >= 0.6 is 0 Å². The molecular formula is C33H36O2. The Hall–Kier alpha value is -3.22. The SMILES string of the molecule is C=C=C(c1ccccc1)C1CCC(C2CC(=O)C(c3cccc(/C(=C/C)C(=O)/C=C\C)c3)C2)CC1. The molecule has 0 aromatic heterocycles. The maximum atomic E-state index is 13.1. The van der Waals surface area contributed by atoms with E-state index >= 15 is 0 Å². The largest absolute Gasteiger partial charge is 0.299 e. The monoisotopic (exact) mass is 464 g/mol. The minimum atomic E-state index is -0.0550. The topological polar surface area (TPSA) is 34.1 Å². The van der Waals surface area contributed by atoms with Crippen LogP contribution in [0.3, 0.4) is 0 Å². The van der Waals surface area contributed by atoms with Gasteiger partial charge in [0.15, 0.2) is 5.78 Å². The lowest BCUT2D eigenvalue weighted by atomic mass is 9.72. The first-order valence-corrected chi connectivity index (χ1v) is 13.0. The molecule has 2 fully saturated rings. The summed E-state index contributed by atoms with van der Waals surface area (Å²) in [6, 6.07) is 18.6. The Kier molecular flexibility index (Phi) is 8.16. The number of benzene rings is 2. The van der Waals surface area contributed by atoms with E-state index < -0.39 is 0 Å². The number of hydrogen-bond donors (Lipinski definition) is 0. The highest BCUT2D eigenvalue weighted by Crippen LogP contribution is 2.46. The molecule has 0 heterocycles. The molecule has 0 N–H and O–H groups in total. The molecule has 2 aromatic rings. The van der Waals surface area contributed by atoms with Crippen molar-refractivity contribution < 1.29 is 9.59 Å². The Morgan fingerprint density at radius 1 is 0.943 bits per heavy atom.